The summed E-state index contributed by atoms with van der Waals surface area (Å²) in [5.41, 5.74) is 1.04. The van der Waals surface area contributed by atoms with Crippen LogP contribution in [-0.4, -0.2) is 57.1 Å². The van der Waals surface area contributed by atoms with Crippen molar-refractivity contribution in [3.63, 3.8) is 0 Å². The highest BCUT2D eigenvalue weighted by atomic mass is 35.5. The first-order chi connectivity index (χ1) is 15.2. The molecule has 172 valence electrons. The maximum Gasteiger partial charge on any atom is 0.265 e. The first kappa shape index (κ1) is 23.9. The predicted octanol–water partition coefficient (Wildman–Crippen LogP) is 3.38. The average Bonchev–Trinajstić information content (AvgIpc) is 2.94. The van der Waals surface area contributed by atoms with E-state index in [-0.39, 0.29) is 30.3 Å². The molecule has 1 atom stereocenters. The normalized spacial score (nSPS) is 15.9. The summed E-state index contributed by atoms with van der Waals surface area (Å²) in [5.74, 6) is -0.415. The molecule has 2 aromatic carbocycles. The van der Waals surface area contributed by atoms with Crippen molar-refractivity contribution in [1.29, 1.82) is 0 Å². The third kappa shape index (κ3) is 5.16. The summed E-state index contributed by atoms with van der Waals surface area (Å²) >= 11 is 6.06. The van der Waals surface area contributed by atoms with Crippen LogP contribution >= 0.6 is 11.6 Å². The Labute approximate surface area is 193 Å². The number of nitrogens with one attached hydrogen (secondary N) is 1. The second-order valence-corrected chi connectivity index (χ2v) is 9.70. The number of hydrogen-bond acceptors (Lipinski definition) is 5. The molecule has 32 heavy (non-hydrogen) atoms. The minimum absolute atomic E-state index is 0.0459. The molecule has 1 unspecified atom stereocenters. The molecule has 0 saturated carbocycles. The number of carbonyl (C=O) groups excluding carboxylic acids is 2. The van der Waals surface area contributed by atoms with Gasteiger partial charge in [0.05, 0.1) is 23.2 Å². The highest BCUT2D eigenvalue weighted by Gasteiger charge is 2.32. The van der Waals surface area contributed by atoms with E-state index in [2.05, 4.69) is 5.32 Å². The van der Waals surface area contributed by atoms with Gasteiger partial charge >= 0.3 is 0 Å². The van der Waals surface area contributed by atoms with Crippen molar-refractivity contribution in [2.45, 2.75) is 26.4 Å². The van der Waals surface area contributed by atoms with Crippen molar-refractivity contribution in [2.75, 3.05) is 35.5 Å². The van der Waals surface area contributed by atoms with Crippen molar-refractivity contribution in [3.05, 3.63) is 53.1 Å². The van der Waals surface area contributed by atoms with Crippen LogP contribution in [0.15, 0.2) is 42.5 Å². The smallest absolute Gasteiger partial charge is 0.265 e. The topological polar surface area (TPSA) is 96.0 Å². The number of anilines is 2. The van der Waals surface area contributed by atoms with Gasteiger partial charge in [0.2, 0.25) is 10.0 Å². The summed E-state index contributed by atoms with van der Waals surface area (Å²) in [5, 5.41) is 3.14. The molecule has 1 aliphatic rings. The molecule has 3 rings (SSSR count). The number of carbonyl (C=O) groups is 2. The molecule has 8 nitrogen and oxygen atoms in total. The maximum atomic E-state index is 13.1. The van der Waals surface area contributed by atoms with E-state index >= 15 is 0 Å². The summed E-state index contributed by atoms with van der Waals surface area (Å²) in [6.45, 7) is 4.91. The number of para-hydroxylation sites is 1. The minimum Gasteiger partial charge on any atom is -0.478 e. The molecule has 0 aromatic heterocycles. The molecule has 1 N–H and O–H groups in total. The molecule has 0 spiro atoms. The molecule has 0 radical (unpaired) electrons. The van der Waals surface area contributed by atoms with E-state index in [1.807, 2.05) is 13.8 Å². The number of benzene rings is 2. The SMILES string of the molecule is CCN(CC)C(=O)c1ccccc1NC(=O)C1CCN(S(C)(=O)=O)c2cc(Cl)ccc2O1. The monoisotopic (exact) mass is 479 g/mol. The summed E-state index contributed by atoms with van der Waals surface area (Å²) in [6, 6.07) is 11.4. The van der Waals surface area contributed by atoms with E-state index in [0.717, 1.165) is 6.26 Å². The second kappa shape index (κ2) is 9.79. The zero-order chi connectivity index (χ0) is 23.5. The Balaban J connectivity index is 1.87. The molecular weight excluding hydrogens is 454 g/mol. The molecule has 2 aromatic rings. The van der Waals surface area contributed by atoms with Gasteiger partial charge in [-0.1, -0.05) is 23.7 Å². The predicted molar refractivity (Wildman–Crippen MR) is 125 cm³/mol. The molecular formula is C22H26ClN3O5S. The number of nitrogens with zero attached hydrogens (tertiary/aromatic N) is 2. The van der Waals surface area contributed by atoms with E-state index in [0.29, 0.717) is 29.4 Å². The van der Waals surface area contributed by atoms with Crippen LogP contribution < -0.4 is 14.4 Å². The standard InChI is InChI=1S/C22H26ClN3O5S/c1-4-25(5-2)22(28)16-8-6-7-9-17(16)24-21(27)20-12-13-26(32(3,29)30)18-14-15(23)10-11-19(18)31-20/h6-11,14,20H,4-5,12-13H2,1-3H3,(H,24,27). The van der Waals surface area contributed by atoms with Crippen LogP contribution in [0.5, 0.6) is 5.75 Å². The van der Waals surface area contributed by atoms with E-state index < -0.39 is 22.0 Å². The van der Waals surface area contributed by atoms with Gasteiger partial charge in [0.1, 0.15) is 5.75 Å². The molecule has 0 fully saturated rings. The van der Waals surface area contributed by atoms with Crippen molar-refractivity contribution >= 4 is 44.8 Å². The third-order valence-corrected chi connectivity index (χ3v) is 6.63. The largest absolute Gasteiger partial charge is 0.478 e. The Morgan fingerprint density at radius 1 is 1.19 bits per heavy atom. The summed E-state index contributed by atoms with van der Waals surface area (Å²) in [6.07, 6.45) is 0.253. The van der Waals surface area contributed by atoms with E-state index in [9.17, 15) is 18.0 Å². The molecule has 0 aliphatic carbocycles. The van der Waals surface area contributed by atoms with Crippen molar-refractivity contribution in [3.8, 4) is 5.75 Å². The lowest BCUT2D eigenvalue weighted by Crippen LogP contribution is -2.36. The highest BCUT2D eigenvalue weighted by Crippen LogP contribution is 2.36. The van der Waals surface area contributed by atoms with Crippen molar-refractivity contribution in [2.24, 2.45) is 0 Å². The van der Waals surface area contributed by atoms with Gasteiger partial charge in [-0.15, -0.1) is 0 Å². The Bertz CT molecular complexity index is 1120. The Kier molecular flexibility index (Phi) is 7.30. The van der Waals surface area contributed by atoms with Crippen LogP contribution in [0.25, 0.3) is 0 Å². The van der Waals surface area contributed by atoms with Crippen molar-refractivity contribution in [1.82, 2.24) is 4.90 Å². The lowest BCUT2D eigenvalue weighted by atomic mass is 10.1. The number of rotatable bonds is 6. The molecule has 2 amide bonds. The number of halogens is 1. The van der Waals surface area contributed by atoms with Gasteiger partial charge in [0, 0.05) is 31.1 Å². The fourth-order valence-corrected chi connectivity index (χ4v) is 4.66. The van der Waals surface area contributed by atoms with Crippen LogP contribution in [0, 0.1) is 0 Å². The molecule has 0 bridgehead atoms. The summed E-state index contributed by atoms with van der Waals surface area (Å²) < 4.78 is 31.7. The Hall–Kier alpha value is -2.78. The van der Waals surface area contributed by atoms with E-state index in [4.69, 9.17) is 16.3 Å². The van der Waals surface area contributed by atoms with Gasteiger partial charge < -0.3 is 15.0 Å². The number of amides is 2. The molecule has 0 saturated heterocycles. The van der Waals surface area contributed by atoms with Crippen LogP contribution in [0.2, 0.25) is 5.02 Å². The first-order valence-corrected chi connectivity index (χ1v) is 12.5. The quantitative estimate of drug-likeness (QED) is 0.685. The fourth-order valence-electron chi connectivity index (χ4n) is 3.55. The van der Waals surface area contributed by atoms with Crippen LogP contribution in [0.1, 0.15) is 30.6 Å². The zero-order valence-electron chi connectivity index (χ0n) is 18.2. The number of ether oxygens (including phenoxy) is 1. The summed E-state index contributed by atoms with van der Waals surface area (Å²) in [4.78, 5) is 27.6. The van der Waals surface area contributed by atoms with Gasteiger partial charge in [0.25, 0.3) is 11.8 Å². The average molecular weight is 480 g/mol. The molecule has 10 heteroatoms. The van der Waals surface area contributed by atoms with Crippen LogP contribution in [-0.2, 0) is 14.8 Å². The van der Waals surface area contributed by atoms with Crippen LogP contribution in [0.3, 0.4) is 0 Å². The van der Waals surface area contributed by atoms with Gasteiger partial charge in [-0.25, -0.2) is 8.42 Å². The Morgan fingerprint density at radius 2 is 1.88 bits per heavy atom. The van der Waals surface area contributed by atoms with Gasteiger partial charge in [-0.2, -0.15) is 0 Å². The lowest BCUT2D eigenvalue weighted by Gasteiger charge is -2.21. The summed E-state index contributed by atoms with van der Waals surface area (Å²) in [7, 11) is -3.61. The lowest BCUT2D eigenvalue weighted by molar-refractivity contribution is -0.122. The zero-order valence-corrected chi connectivity index (χ0v) is 19.7. The van der Waals surface area contributed by atoms with E-state index in [1.54, 1.807) is 41.3 Å². The van der Waals surface area contributed by atoms with Gasteiger partial charge in [0.15, 0.2) is 6.10 Å². The Morgan fingerprint density at radius 3 is 2.53 bits per heavy atom. The molecule has 1 aliphatic heterocycles. The fraction of sp³-hybridized carbons (Fsp3) is 0.364. The van der Waals surface area contributed by atoms with Crippen LogP contribution in [0.4, 0.5) is 11.4 Å². The number of fused-ring (bicyclic) bond motifs is 1. The second-order valence-electron chi connectivity index (χ2n) is 7.35. The number of hydrogen-bond donors (Lipinski definition) is 1. The first-order valence-electron chi connectivity index (χ1n) is 10.3. The third-order valence-electron chi connectivity index (χ3n) is 5.21. The maximum absolute atomic E-state index is 13.1. The van der Waals surface area contributed by atoms with Gasteiger partial charge in [-0.05, 0) is 44.2 Å². The minimum atomic E-state index is -3.61. The van der Waals surface area contributed by atoms with E-state index in [1.165, 1.54) is 10.4 Å². The van der Waals surface area contributed by atoms with Crippen molar-refractivity contribution < 1.29 is 22.7 Å². The highest BCUT2D eigenvalue weighted by molar-refractivity contribution is 7.92. The molecule has 1 heterocycles. The number of sulfonamides is 1. The van der Waals surface area contributed by atoms with Gasteiger partial charge in [-0.3, -0.25) is 13.9 Å².